The molecule has 0 amide bonds. The number of H-pyrrole nitrogens is 1. The van der Waals surface area contributed by atoms with Gasteiger partial charge in [0.1, 0.15) is 19.4 Å². The number of alkyl halides is 6. The standard InChI is InChI=1S/C14H16Cl6N5O7P/c1-7-3-25(12(27)22-11(7)26)10-2-8(23-24-21)9(32-10)4-29-33(28,30-5-13(15,16)17)31-6-14(18,19)20/h3,8-10H,2,4-6H2,1H3,(H,22,26,27)/t8-,9+,10+/m0/s1. The molecule has 1 aromatic rings. The van der Waals surface area contributed by atoms with Crippen molar-refractivity contribution in [3.63, 3.8) is 0 Å². The molecular formula is C14H16Cl6N5O7P. The number of ether oxygens (including phenoxy) is 1. The first-order valence-corrected chi connectivity index (χ1v) is 12.5. The number of aryl methyl sites for hydroxylation is 1. The first-order valence-electron chi connectivity index (χ1n) is 8.81. The van der Waals surface area contributed by atoms with Crippen LogP contribution < -0.4 is 11.2 Å². The Kier molecular flexibility index (Phi) is 10.3. The summed E-state index contributed by atoms with van der Waals surface area (Å²) in [5.74, 6) is 0. The molecular weight excluding hydrogens is 594 g/mol. The van der Waals surface area contributed by atoms with Crippen molar-refractivity contribution in [1.82, 2.24) is 9.55 Å². The van der Waals surface area contributed by atoms with E-state index in [1.54, 1.807) is 0 Å². The fourth-order valence-corrected chi connectivity index (χ4v) is 4.65. The van der Waals surface area contributed by atoms with Crippen LogP contribution in [0.1, 0.15) is 18.2 Å². The Morgan fingerprint density at radius 3 is 2.30 bits per heavy atom. The van der Waals surface area contributed by atoms with E-state index < -0.39 is 64.9 Å². The molecule has 2 rings (SSSR count). The third kappa shape index (κ3) is 9.40. The number of azide groups is 1. The minimum absolute atomic E-state index is 0.0395. The van der Waals surface area contributed by atoms with Gasteiger partial charge in [-0.1, -0.05) is 74.7 Å². The molecule has 0 unspecified atom stereocenters. The van der Waals surface area contributed by atoms with Crippen LogP contribution in [-0.2, 0) is 22.9 Å². The van der Waals surface area contributed by atoms with Crippen LogP contribution in [0.25, 0.3) is 10.4 Å². The largest absolute Gasteiger partial charge is 0.475 e. The third-order valence-electron chi connectivity index (χ3n) is 4.03. The smallest absolute Gasteiger partial charge is 0.352 e. The molecule has 12 nitrogen and oxygen atoms in total. The van der Waals surface area contributed by atoms with Gasteiger partial charge < -0.3 is 4.74 Å². The molecule has 3 atom stereocenters. The summed E-state index contributed by atoms with van der Waals surface area (Å²) in [6.07, 6.45) is -0.606. The number of hydrogen-bond donors (Lipinski definition) is 1. The minimum Gasteiger partial charge on any atom is -0.352 e. The van der Waals surface area contributed by atoms with E-state index in [4.69, 9.17) is 93.4 Å². The molecule has 0 saturated carbocycles. The number of hydrogen-bond acceptors (Lipinski definition) is 8. The Hall–Kier alpha value is -0.200. The number of nitrogens with zero attached hydrogens (tertiary/aromatic N) is 4. The second-order valence-corrected chi connectivity index (χ2v) is 13.3. The van der Waals surface area contributed by atoms with Gasteiger partial charge in [0.05, 0.1) is 18.8 Å². The monoisotopic (exact) mass is 607 g/mol. The molecule has 1 aliphatic heterocycles. The number of phosphoric ester groups is 1. The number of halogens is 6. The van der Waals surface area contributed by atoms with Crippen LogP contribution in [0, 0.1) is 6.92 Å². The summed E-state index contributed by atoms with van der Waals surface area (Å²) < 4.78 is 31.1. The maximum atomic E-state index is 12.9. The van der Waals surface area contributed by atoms with Crippen molar-refractivity contribution in [3.8, 4) is 0 Å². The molecule has 0 aliphatic carbocycles. The van der Waals surface area contributed by atoms with Gasteiger partial charge in [0, 0.05) is 23.1 Å². The van der Waals surface area contributed by atoms with Crippen molar-refractivity contribution in [3.05, 3.63) is 43.0 Å². The van der Waals surface area contributed by atoms with Gasteiger partial charge in [-0.15, -0.1) is 0 Å². The fraction of sp³-hybridized carbons (Fsp3) is 0.714. The molecule has 0 spiro atoms. The highest BCUT2D eigenvalue weighted by molar-refractivity contribution is 7.48. The lowest BCUT2D eigenvalue weighted by Crippen LogP contribution is -2.33. The average molecular weight is 610 g/mol. The van der Waals surface area contributed by atoms with E-state index in [-0.39, 0.29) is 12.0 Å². The van der Waals surface area contributed by atoms with Gasteiger partial charge in [0.25, 0.3) is 5.56 Å². The van der Waals surface area contributed by atoms with E-state index in [2.05, 4.69) is 15.0 Å². The topological polar surface area (TPSA) is 158 Å². The molecule has 33 heavy (non-hydrogen) atoms. The molecule has 0 aromatic carbocycles. The quantitative estimate of drug-likeness (QED) is 0.140. The molecule has 0 radical (unpaired) electrons. The second kappa shape index (κ2) is 11.7. The first-order chi connectivity index (χ1) is 15.1. The zero-order valence-corrected chi connectivity index (χ0v) is 21.9. The van der Waals surface area contributed by atoms with Gasteiger partial charge in [-0.2, -0.15) is 0 Å². The van der Waals surface area contributed by atoms with Crippen molar-refractivity contribution >= 4 is 77.4 Å². The van der Waals surface area contributed by atoms with Crippen LogP contribution in [0.5, 0.6) is 0 Å². The minimum atomic E-state index is -4.46. The summed E-state index contributed by atoms with van der Waals surface area (Å²) in [6.45, 7) is -0.409. The Morgan fingerprint density at radius 1 is 1.21 bits per heavy atom. The predicted octanol–water partition coefficient (Wildman–Crippen LogP) is 4.71. The zero-order chi connectivity index (χ0) is 25.0. The zero-order valence-electron chi connectivity index (χ0n) is 16.5. The van der Waals surface area contributed by atoms with E-state index >= 15 is 0 Å². The second-order valence-electron chi connectivity index (χ2n) is 6.64. The summed E-state index contributed by atoms with van der Waals surface area (Å²) in [6, 6.07) is -0.853. The van der Waals surface area contributed by atoms with Crippen LogP contribution in [0.4, 0.5) is 0 Å². The average Bonchev–Trinajstić information content (AvgIpc) is 3.08. The molecule has 2 heterocycles. The molecule has 1 fully saturated rings. The summed E-state index contributed by atoms with van der Waals surface area (Å²) >= 11 is 33.6. The van der Waals surface area contributed by atoms with Gasteiger partial charge in [-0.25, -0.2) is 9.36 Å². The van der Waals surface area contributed by atoms with Gasteiger partial charge in [0.2, 0.25) is 7.59 Å². The van der Waals surface area contributed by atoms with Crippen LogP contribution in [0.2, 0.25) is 0 Å². The molecule has 19 heteroatoms. The van der Waals surface area contributed by atoms with Crippen LogP contribution in [0.3, 0.4) is 0 Å². The normalized spacial score (nSPS) is 21.7. The lowest BCUT2D eigenvalue weighted by molar-refractivity contribution is -0.0302. The third-order valence-corrected chi connectivity index (χ3v) is 6.04. The summed E-state index contributed by atoms with van der Waals surface area (Å²) in [5, 5.41) is 3.61. The predicted molar refractivity (Wildman–Crippen MR) is 124 cm³/mol. The van der Waals surface area contributed by atoms with Crippen LogP contribution >= 0.6 is 77.4 Å². The first kappa shape index (κ1) is 29.0. The molecule has 186 valence electrons. The fourth-order valence-electron chi connectivity index (χ4n) is 2.60. The Bertz CT molecular complexity index is 1030. The highest BCUT2D eigenvalue weighted by atomic mass is 35.6. The van der Waals surface area contributed by atoms with Gasteiger partial charge >= 0.3 is 13.5 Å². The molecule has 0 bridgehead atoms. The number of phosphoric acid groups is 1. The van der Waals surface area contributed by atoms with E-state index in [0.717, 1.165) is 4.57 Å². The van der Waals surface area contributed by atoms with Crippen molar-refractivity contribution in [2.24, 2.45) is 5.11 Å². The molecule has 1 aliphatic rings. The van der Waals surface area contributed by atoms with Crippen molar-refractivity contribution in [2.75, 3.05) is 19.8 Å². The van der Waals surface area contributed by atoms with Gasteiger partial charge in [-0.05, 0) is 12.5 Å². The summed E-state index contributed by atoms with van der Waals surface area (Å²) in [7, 11) is -4.46. The molecule has 1 saturated heterocycles. The number of aromatic amines is 1. The Morgan fingerprint density at radius 2 is 1.79 bits per heavy atom. The summed E-state index contributed by atoms with van der Waals surface area (Å²) in [5.41, 5.74) is 7.83. The molecule has 1 N–H and O–H groups in total. The lowest BCUT2D eigenvalue weighted by Gasteiger charge is -2.24. The van der Waals surface area contributed by atoms with Crippen molar-refractivity contribution in [2.45, 2.75) is 39.3 Å². The van der Waals surface area contributed by atoms with Crippen LogP contribution in [0.15, 0.2) is 20.9 Å². The van der Waals surface area contributed by atoms with Gasteiger partial charge in [0.15, 0.2) is 0 Å². The lowest BCUT2D eigenvalue weighted by atomic mass is 10.1. The number of nitrogens with one attached hydrogen (secondary N) is 1. The van der Waals surface area contributed by atoms with E-state index in [1.807, 2.05) is 0 Å². The van der Waals surface area contributed by atoms with Crippen LogP contribution in [-0.4, -0.2) is 49.1 Å². The maximum Gasteiger partial charge on any atom is 0.475 e. The number of aromatic nitrogens is 2. The Balaban J connectivity index is 2.19. The SMILES string of the molecule is Cc1cn([C@H]2C[C@H](N=[N+]=[N-])[C@@H](COP(=O)(OCC(Cl)(Cl)Cl)OCC(Cl)(Cl)Cl)O2)c(=O)[nH]c1=O. The summed E-state index contributed by atoms with van der Waals surface area (Å²) in [4.78, 5) is 28.6. The molecule has 1 aromatic heterocycles. The van der Waals surface area contributed by atoms with E-state index in [1.165, 1.54) is 13.1 Å². The highest BCUT2D eigenvalue weighted by Crippen LogP contribution is 2.53. The van der Waals surface area contributed by atoms with Crippen molar-refractivity contribution in [1.29, 1.82) is 0 Å². The van der Waals surface area contributed by atoms with Gasteiger partial charge in [-0.3, -0.25) is 27.9 Å². The maximum absolute atomic E-state index is 12.9. The van der Waals surface area contributed by atoms with E-state index in [9.17, 15) is 14.2 Å². The highest BCUT2D eigenvalue weighted by Gasteiger charge is 2.40. The van der Waals surface area contributed by atoms with E-state index in [0.29, 0.717) is 0 Å². The van der Waals surface area contributed by atoms with Crippen molar-refractivity contribution < 1.29 is 22.9 Å². The number of rotatable bonds is 9. The Labute approximate surface area is 216 Å².